The summed E-state index contributed by atoms with van der Waals surface area (Å²) in [6.07, 6.45) is 4.13. The Labute approximate surface area is 123 Å². The highest BCUT2D eigenvalue weighted by atomic mass is 19.1. The number of halogens is 2. The van der Waals surface area contributed by atoms with E-state index >= 15 is 0 Å². The molecule has 0 spiro atoms. The van der Waals surface area contributed by atoms with E-state index in [4.69, 9.17) is 0 Å². The van der Waals surface area contributed by atoms with Gasteiger partial charge in [-0.25, -0.2) is 8.78 Å². The maximum Gasteiger partial charge on any atom is 0.324 e. The molecule has 1 aliphatic heterocycles. The number of rotatable bonds is 4. The Morgan fingerprint density at radius 1 is 1.24 bits per heavy atom. The van der Waals surface area contributed by atoms with Crippen LogP contribution >= 0.6 is 0 Å². The molecule has 0 radical (unpaired) electrons. The molecule has 0 amide bonds. The highest BCUT2D eigenvalue weighted by molar-refractivity contribution is 5.78. The number of hydrogen-bond donors (Lipinski definition) is 1. The van der Waals surface area contributed by atoms with Crippen LogP contribution in [0.4, 0.5) is 8.78 Å². The SMILES string of the molecule is CC(Cc1ccc(F)cc1F)(C(=O)O)N1CCCCCC1. The Morgan fingerprint density at radius 3 is 2.38 bits per heavy atom. The summed E-state index contributed by atoms with van der Waals surface area (Å²) < 4.78 is 26.8. The van der Waals surface area contributed by atoms with E-state index in [1.54, 1.807) is 6.92 Å². The molecule has 1 atom stereocenters. The van der Waals surface area contributed by atoms with Crippen molar-refractivity contribution in [3.63, 3.8) is 0 Å². The van der Waals surface area contributed by atoms with E-state index < -0.39 is 23.1 Å². The second-order valence-electron chi connectivity index (χ2n) is 5.89. The third-order valence-corrected chi connectivity index (χ3v) is 4.31. The van der Waals surface area contributed by atoms with Gasteiger partial charge >= 0.3 is 5.97 Å². The molecule has 116 valence electrons. The predicted octanol–water partition coefficient (Wildman–Crippen LogP) is 3.23. The summed E-state index contributed by atoms with van der Waals surface area (Å²) in [4.78, 5) is 13.7. The Balaban J connectivity index is 2.26. The van der Waals surface area contributed by atoms with Gasteiger partial charge in [-0.05, 0) is 44.5 Å². The molecule has 2 rings (SSSR count). The molecule has 0 bridgehead atoms. The van der Waals surface area contributed by atoms with Crippen LogP contribution in [0.1, 0.15) is 38.2 Å². The Bertz CT molecular complexity index is 513. The number of carboxylic acid groups (broad SMARTS) is 1. The molecule has 1 fully saturated rings. The fourth-order valence-electron chi connectivity index (χ4n) is 2.92. The maximum atomic E-state index is 13.8. The van der Waals surface area contributed by atoms with E-state index in [1.165, 1.54) is 12.1 Å². The average Bonchev–Trinajstić information content (AvgIpc) is 2.71. The summed E-state index contributed by atoms with van der Waals surface area (Å²) in [5.41, 5.74) is -0.922. The van der Waals surface area contributed by atoms with Crippen molar-refractivity contribution < 1.29 is 18.7 Å². The van der Waals surface area contributed by atoms with Crippen molar-refractivity contribution in [1.29, 1.82) is 0 Å². The molecule has 0 aromatic heterocycles. The van der Waals surface area contributed by atoms with Crippen LogP contribution in [0, 0.1) is 11.6 Å². The molecule has 1 unspecified atom stereocenters. The second kappa shape index (κ2) is 6.52. The molecule has 1 N–H and O–H groups in total. The number of benzene rings is 1. The fourth-order valence-corrected chi connectivity index (χ4v) is 2.92. The van der Waals surface area contributed by atoms with Crippen molar-refractivity contribution >= 4 is 5.97 Å². The molecule has 21 heavy (non-hydrogen) atoms. The molecule has 1 aliphatic rings. The number of nitrogens with zero attached hydrogens (tertiary/aromatic N) is 1. The van der Waals surface area contributed by atoms with E-state index in [2.05, 4.69) is 0 Å². The zero-order valence-corrected chi connectivity index (χ0v) is 12.2. The highest BCUT2D eigenvalue weighted by Crippen LogP contribution is 2.26. The summed E-state index contributed by atoms with van der Waals surface area (Å²) in [6, 6.07) is 3.31. The van der Waals surface area contributed by atoms with Gasteiger partial charge in [0.2, 0.25) is 0 Å². The normalized spacial score (nSPS) is 19.8. The van der Waals surface area contributed by atoms with Crippen molar-refractivity contribution in [2.24, 2.45) is 0 Å². The minimum Gasteiger partial charge on any atom is -0.480 e. The Hall–Kier alpha value is -1.49. The number of carbonyl (C=O) groups is 1. The van der Waals surface area contributed by atoms with Gasteiger partial charge in [0.1, 0.15) is 17.2 Å². The third kappa shape index (κ3) is 3.59. The Kier molecular flexibility index (Phi) is 4.93. The van der Waals surface area contributed by atoms with Gasteiger partial charge < -0.3 is 5.11 Å². The first-order valence-electron chi connectivity index (χ1n) is 7.36. The maximum absolute atomic E-state index is 13.8. The van der Waals surface area contributed by atoms with Gasteiger partial charge in [-0.3, -0.25) is 9.69 Å². The standard InChI is InChI=1S/C16H21F2NO2/c1-16(15(20)21,19-8-4-2-3-5-9-19)11-12-6-7-13(17)10-14(12)18/h6-7,10H,2-5,8-9,11H2,1H3,(H,20,21). The van der Waals surface area contributed by atoms with Gasteiger partial charge in [0.15, 0.2) is 0 Å². The Morgan fingerprint density at radius 2 is 1.86 bits per heavy atom. The summed E-state index contributed by atoms with van der Waals surface area (Å²) in [5, 5.41) is 9.65. The second-order valence-corrected chi connectivity index (χ2v) is 5.89. The lowest BCUT2D eigenvalue weighted by molar-refractivity contribution is -0.150. The van der Waals surface area contributed by atoms with Gasteiger partial charge in [0.25, 0.3) is 0 Å². The number of hydrogen-bond acceptors (Lipinski definition) is 2. The minimum absolute atomic E-state index is 0.0362. The summed E-state index contributed by atoms with van der Waals surface area (Å²) in [7, 11) is 0. The molecule has 5 heteroatoms. The molecule has 1 heterocycles. The molecule has 0 aliphatic carbocycles. The third-order valence-electron chi connectivity index (χ3n) is 4.31. The van der Waals surface area contributed by atoms with E-state index in [0.29, 0.717) is 13.1 Å². The first-order valence-corrected chi connectivity index (χ1v) is 7.36. The minimum atomic E-state index is -1.16. The zero-order valence-electron chi connectivity index (χ0n) is 12.2. The van der Waals surface area contributed by atoms with Gasteiger partial charge in [-0.2, -0.15) is 0 Å². The van der Waals surface area contributed by atoms with Crippen molar-refractivity contribution in [2.75, 3.05) is 13.1 Å². The summed E-state index contributed by atoms with van der Waals surface area (Å²) in [5.74, 6) is -2.30. The monoisotopic (exact) mass is 297 g/mol. The van der Waals surface area contributed by atoms with Crippen LogP contribution in [0.3, 0.4) is 0 Å². The molecule has 0 saturated carbocycles. The number of carboxylic acids is 1. The molecule has 1 aromatic rings. The van der Waals surface area contributed by atoms with Crippen LogP contribution in [0.15, 0.2) is 18.2 Å². The lowest BCUT2D eigenvalue weighted by Crippen LogP contribution is -2.54. The van der Waals surface area contributed by atoms with E-state index in [0.717, 1.165) is 31.7 Å². The molecule has 1 aromatic carbocycles. The van der Waals surface area contributed by atoms with Crippen molar-refractivity contribution in [2.45, 2.75) is 44.6 Å². The van der Waals surface area contributed by atoms with E-state index in [9.17, 15) is 18.7 Å². The van der Waals surface area contributed by atoms with Crippen LogP contribution in [0.25, 0.3) is 0 Å². The topological polar surface area (TPSA) is 40.5 Å². The van der Waals surface area contributed by atoms with Crippen molar-refractivity contribution in [3.8, 4) is 0 Å². The van der Waals surface area contributed by atoms with Gasteiger partial charge in [-0.1, -0.05) is 18.9 Å². The van der Waals surface area contributed by atoms with Gasteiger partial charge in [-0.15, -0.1) is 0 Å². The van der Waals surface area contributed by atoms with Crippen molar-refractivity contribution in [3.05, 3.63) is 35.4 Å². The van der Waals surface area contributed by atoms with Gasteiger partial charge in [0, 0.05) is 12.5 Å². The first-order chi connectivity index (χ1) is 9.93. The number of likely N-dealkylation sites (tertiary alicyclic amines) is 1. The highest BCUT2D eigenvalue weighted by Gasteiger charge is 2.40. The molecule has 1 saturated heterocycles. The largest absolute Gasteiger partial charge is 0.480 e. The van der Waals surface area contributed by atoms with Crippen LogP contribution in [-0.4, -0.2) is 34.6 Å². The number of aliphatic carboxylic acids is 1. The van der Waals surface area contributed by atoms with Crippen LogP contribution in [-0.2, 0) is 11.2 Å². The lowest BCUT2D eigenvalue weighted by atomic mass is 9.90. The fraction of sp³-hybridized carbons (Fsp3) is 0.562. The predicted molar refractivity (Wildman–Crippen MR) is 76.1 cm³/mol. The van der Waals surface area contributed by atoms with Crippen LogP contribution in [0.5, 0.6) is 0 Å². The summed E-state index contributed by atoms with van der Waals surface area (Å²) in [6.45, 7) is 3.03. The smallest absolute Gasteiger partial charge is 0.324 e. The van der Waals surface area contributed by atoms with E-state index in [-0.39, 0.29) is 12.0 Å². The zero-order chi connectivity index (χ0) is 15.5. The first kappa shape index (κ1) is 15.9. The average molecular weight is 297 g/mol. The lowest BCUT2D eigenvalue weighted by Gasteiger charge is -2.37. The van der Waals surface area contributed by atoms with Crippen LogP contribution in [0.2, 0.25) is 0 Å². The van der Waals surface area contributed by atoms with Gasteiger partial charge in [0.05, 0.1) is 0 Å². The van der Waals surface area contributed by atoms with Crippen LogP contribution < -0.4 is 0 Å². The quantitative estimate of drug-likeness (QED) is 0.927. The molecule has 3 nitrogen and oxygen atoms in total. The molecular weight excluding hydrogens is 276 g/mol. The summed E-state index contributed by atoms with van der Waals surface area (Å²) >= 11 is 0. The van der Waals surface area contributed by atoms with E-state index in [1.807, 2.05) is 4.90 Å². The molecular formula is C16H21F2NO2. The van der Waals surface area contributed by atoms with Crippen molar-refractivity contribution in [1.82, 2.24) is 4.90 Å².